The maximum atomic E-state index is 12.8. The second kappa shape index (κ2) is 7.83. The van der Waals surface area contributed by atoms with Gasteiger partial charge in [0.15, 0.2) is 10.9 Å². The van der Waals surface area contributed by atoms with E-state index in [4.69, 9.17) is 21.4 Å². The average molecular weight is 413 g/mol. The highest BCUT2D eigenvalue weighted by atomic mass is 32.1. The standard InChI is InChI=1S/C22H24N2O4S/c1-12-18(20(26)28-22(3,4)5)19(24-21(29)23-12)17-11-10-16(27-17)15-8-6-14(7-9-15)13(2)25/h6-11,19H,1-5H3,(H2,23,24,29)/t19-/m1/s1. The van der Waals surface area contributed by atoms with Crippen LogP contribution in [0.1, 0.15) is 56.8 Å². The SMILES string of the molecule is CC(=O)c1ccc(-c2ccc([C@H]3NC(=S)NC(C)=C3C(=O)OC(C)(C)C)o2)cc1. The third-order valence-corrected chi connectivity index (χ3v) is 4.60. The topological polar surface area (TPSA) is 80.6 Å². The van der Waals surface area contributed by atoms with Gasteiger partial charge in [-0.15, -0.1) is 0 Å². The Morgan fingerprint density at radius 3 is 2.34 bits per heavy atom. The lowest BCUT2D eigenvalue weighted by Crippen LogP contribution is -2.45. The van der Waals surface area contributed by atoms with Crippen molar-refractivity contribution in [1.29, 1.82) is 0 Å². The molecule has 1 aliphatic rings. The fourth-order valence-corrected chi connectivity index (χ4v) is 3.31. The first-order valence-corrected chi connectivity index (χ1v) is 9.69. The molecule has 152 valence electrons. The molecule has 1 atom stereocenters. The maximum absolute atomic E-state index is 12.8. The largest absolute Gasteiger partial charge is 0.459 e. The normalized spacial score (nSPS) is 16.9. The van der Waals surface area contributed by atoms with E-state index in [-0.39, 0.29) is 5.78 Å². The van der Waals surface area contributed by atoms with Gasteiger partial charge in [-0.3, -0.25) is 4.79 Å². The monoisotopic (exact) mass is 412 g/mol. The number of carbonyl (C=O) groups excluding carboxylic acids is 2. The van der Waals surface area contributed by atoms with Gasteiger partial charge in [0.2, 0.25) is 0 Å². The molecule has 0 unspecified atom stereocenters. The van der Waals surface area contributed by atoms with Crippen LogP contribution in [-0.2, 0) is 9.53 Å². The fourth-order valence-electron chi connectivity index (χ4n) is 3.04. The number of hydrogen-bond donors (Lipinski definition) is 2. The van der Waals surface area contributed by atoms with E-state index in [1.165, 1.54) is 6.92 Å². The molecule has 0 saturated heterocycles. The van der Waals surface area contributed by atoms with Crippen LogP contribution >= 0.6 is 12.2 Å². The van der Waals surface area contributed by atoms with Crippen LogP contribution in [0.2, 0.25) is 0 Å². The molecule has 2 N–H and O–H groups in total. The number of Topliss-reactive ketones (excluding diaryl/α,β-unsaturated/α-hetero) is 1. The van der Waals surface area contributed by atoms with Crippen LogP contribution in [0.25, 0.3) is 11.3 Å². The molecule has 0 fully saturated rings. The van der Waals surface area contributed by atoms with E-state index < -0.39 is 17.6 Å². The number of thiocarbonyl (C=S) groups is 1. The number of hydrogen-bond acceptors (Lipinski definition) is 5. The van der Waals surface area contributed by atoms with Crippen molar-refractivity contribution in [2.45, 2.75) is 46.3 Å². The molecule has 7 heteroatoms. The number of furan rings is 1. The van der Waals surface area contributed by atoms with Gasteiger partial charge >= 0.3 is 5.97 Å². The predicted octanol–water partition coefficient (Wildman–Crippen LogP) is 4.28. The third-order valence-electron chi connectivity index (χ3n) is 4.38. The zero-order valence-corrected chi connectivity index (χ0v) is 17.9. The van der Waals surface area contributed by atoms with Crippen LogP contribution in [0.5, 0.6) is 0 Å². The van der Waals surface area contributed by atoms with Gasteiger partial charge in [-0.25, -0.2) is 4.79 Å². The van der Waals surface area contributed by atoms with E-state index in [9.17, 15) is 9.59 Å². The summed E-state index contributed by atoms with van der Waals surface area (Å²) in [6.07, 6.45) is 0. The van der Waals surface area contributed by atoms with E-state index in [1.807, 2.05) is 39.0 Å². The average Bonchev–Trinajstić information content (AvgIpc) is 3.09. The van der Waals surface area contributed by atoms with Crippen molar-refractivity contribution in [3.63, 3.8) is 0 Å². The van der Waals surface area contributed by atoms with E-state index >= 15 is 0 Å². The predicted molar refractivity (Wildman–Crippen MR) is 114 cm³/mol. The molecule has 2 aromatic rings. The van der Waals surface area contributed by atoms with Gasteiger partial charge in [0.1, 0.15) is 23.2 Å². The van der Waals surface area contributed by atoms with Crippen LogP contribution in [0.3, 0.4) is 0 Å². The molecule has 0 saturated carbocycles. The first-order valence-electron chi connectivity index (χ1n) is 9.28. The summed E-state index contributed by atoms with van der Waals surface area (Å²) in [5, 5.41) is 6.47. The second-order valence-electron chi connectivity index (χ2n) is 7.91. The highest BCUT2D eigenvalue weighted by molar-refractivity contribution is 7.80. The molecule has 0 radical (unpaired) electrons. The molecule has 1 aromatic heterocycles. The molecule has 0 bridgehead atoms. The van der Waals surface area contributed by atoms with Crippen LogP contribution in [0.15, 0.2) is 52.1 Å². The molecule has 3 rings (SSSR count). The highest BCUT2D eigenvalue weighted by Crippen LogP contribution is 2.32. The lowest BCUT2D eigenvalue weighted by molar-refractivity contribution is -0.150. The molecule has 0 amide bonds. The molecule has 0 aliphatic carbocycles. The highest BCUT2D eigenvalue weighted by Gasteiger charge is 2.34. The Kier molecular flexibility index (Phi) is 5.61. The summed E-state index contributed by atoms with van der Waals surface area (Å²) < 4.78 is 11.6. The minimum absolute atomic E-state index is 0.00622. The first kappa shape index (κ1) is 20.8. The summed E-state index contributed by atoms with van der Waals surface area (Å²) in [6.45, 7) is 8.77. The second-order valence-corrected chi connectivity index (χ2v) is 8.32. The van der Waals surface area contributed by atoms with Crippen LogP contribution in [-0.4, -0.2) is 22.5 Å². The summed E-state index contributed by atoms with van der Waals surface area (Å²) in [7, 11) is 0. The van der Waals surface area contributed by atoms with Crippen molar-refractivity contribution < 1.29 is 18.7 Å². The maximum Gasteiger partial charge on any atom is 0.338 e. The summed E-state index contributed by atoms with van der Waals surface area (Å²) >= 11 is 5.27. The Labute approximate surface area is 175 Å². The van der Waals surface area contributed by atoms with Gasteiger partial charge in [0.05, 0.1) is 5.57 Å². The molecule has 1 aromatic carbocycles. The smallest absolute Gasteiger partial charge is 0.338 e. The number of benzene rings is 1. The van der Waals surface area contributed by atoms with Crippen molar-refractivity contribution in [1.82, 2.24) is 10.6 Å². The molecule has 1 aliphatic heterocycles. The number of rotatable bonds is 4. The number of allylic oxidation sites excluding steroid dienone is 1. The van der Waals surface area contributed by atoms with E-state index in [0.29, 0.717) is 33.5 Å². The van der Waals surface area contributed by atoms with Crippen molar-refractivity contribution >= 4 is 29.1 Å². The minimum Gasteiger partial charge on any atom is -0.459 e. The van der Waals surface area contributed by atoms with Crippen molar-refractivity contribution in [2.24, 2.45) is 0 Å². The van der Waals surface area contributed by atoms with Crippen molar-refractivity contribution in [3.05, 3.63) is 59.0 Å². The van der Waals surface area contributed by atoms with Crippen molar-refractivity contribution in [2.75, 3.05) is 0 Å². The van der Waals surface area contributed by atoms with Gasteiger partial charge in [0, 0.05) is 16.8 Å². The van der Waals surface area contributed by atoms with Crippen molar-refractivity contribution in [3.8, 4) is 11.3 Å². The first-order chi connectivity index (χ1) is 13.5. The quantitative estimate of drug-likeness (QED) is 0.441. The van der Waals surface area contributed by atoms with Gasteiger partial charge in [0.25, 0.3) is 0 Å². The molecule has 6 nitrogen and oxygen atoms in total. The molecular formula is C22H24N2O4S. The summed E-state index contributed by atoms with van der Waals surface area (Å²) in [5.41, 5.74) is 1.88. The van der Waals surface area contributed by atoms with E-state index in [2.05, 4.69) is 10.6 Å². The third kappa shape index (κ3) is 4.74. The lowest BCUT2D eigenvalue weighted by atomic mass is 10.0. The Bertz CT molecular complexity index is 997. The zero-order chi connectivity index (χ0) is 21.3. The molecular weight excluding hydrogens is 388 g/mol. The molecule has 2 heterocycles. The van der Waals surface area contributed by atoms with Gasteiger partial charge < -0.3 is 19.8 Å². The van der Waals surface area contributed by atoms with Gasteiger partial charge in [-0.05, 0) is 59.0 Å². The zero-order valence-electron chi connectivity index (χ0n) is 17.1. The van der Waals surface area contributed by atoms with Crippen LogP contribution in [0.4, 0.5) is 0 Å². The van der Waals surface area contributed by atoms with E-state index in [1.54, 1.807) is 25.1 Å². The van der Waals surface area contributed by atoms with Gasteiger partial charge in [-0.1, -0.05) is 24.3 Å². The summed E-state index contributed by atoms with van der Waals surface area (Å²) in [5.74, 6) is 0.736. The minimum atomic E-state index is -0.625. The Balaban J connectivity index is 1.93. The molecule has 29 heavy (non-hydrogen) atoms. The Morgan fingerprint density at radius 1 is 1.10 bits per heavy atom. The number of nitrogens with one attached hydrogen (secondary N) is 2. The molecule has 0 spiro atoms. The number of ketones is 1. The Morgan fingerprint density at radius 2 is 1.76 bits per heavy atom. The number of ether oxygens (including phenoxy) is 1. The summed E-state index contributed by atoms with van der Waals surface area (Å²) in [4.78, 5) is 24.3. The van der Waals surface area contributed by atoms with Crippen LogP contribution in [0, 0.1) is 0 Å². The number of carbonyl (C=O) groups is 2. The summed E-state index contributed by atoms with van der Waals surface area (Å²) in [6, 6.07) is 10.2. The fraction of sp³-hybridized carbons (Fsp3) is 0.318. The number of esters is 1. The van der Waals surface area contributed by atoms with E-state index in [0.717, 1.165) is 5.56 Å². The van der Waals surface area contributed by atoms with Gasteiger partial charge in [-0.2, -0.15) is 0 Å². The Hall–Kier alpha value is -2.93. The lowest BCUT2D eigenvalue weighted by Gasteiger charge is -2.30. The van der Waals surface area contributed by atoms with Crippen LogP contribution < -0.4 is 10.6 Å².